The van der Waals surface area contributed by atoms with Crippen molar-refractivity contribution in [1.82, 2.24) is 16.0 Å². The summed E-state index contributed by atoms with van der Waals surface area (Å²) in [5.74, 6) is 1.41. The Hall–Kier alpha value is -2.74. The molecule has 0 atom stereocenters. The van der Waals surface area contributed by atoms with Crippen LogP contribution in [0.5, 0.6) is 5.75 Å². The number of anilines is 1. The molecule has 1 aromatic heterocycles. The van der Waals surface area contributed by atoms with E-state index in [0.717, 1.165) is 37.6 Å². The summed E-state index contributed by atoms with van der Waals surface area (Å²) in [4.78, 5) is 18.9. The molecular weight excluding hydrogens is 386 g/mol. The van der Waals surface area contributed by atoms with Crippen molar-refractivity contribution in [3.05, 3.63) is 47.3 Å². The van der Waals surface area contributed by atoms with Crippen LogP contribution in [-0.4, -0.2) is 58.2 Å². The van der Waals surface area contributed by atoms with E-state index < -0.39 is 0 Å². The number of piperidine rings is 1. The van der Waals surface area contributed by atoms with Gasteiger partial charge in [-0.2, -0.15) is 0 Å². The van der Waals surface area contributed by atoms with Gasteiger partial charge in [0, 0.05) is 44.8 Å². The summed E-state index contributed by atoms with van der Waals surface area (Å²) >= 11 is 1.79. The molecule has 1 amide bonds. The third-order valence-electron chi connectivity index (χ3n) is 4.93. The molecule has 1 aliphatic heterocycles. The minimum Gasteiger partial charge on any atom is -0.497 e. The summed E-state index contributed by atoms with van der Waals surface area (Å²) in [5, 5.41) is 13.1. The van der Waals surface area contributed by atoms with Gasteiger partial charge in [-0.05, 0) is 54.6 Å². The van der Waals surface area contributed by atoms with E-state index in [9.17, 15) is 4.79 Å². The van der Waals surface area contributed by atoms with Crippen LogP contribution in [0.15, 0.2) is 46.8 Å². The maximum absolute atomic E-state index is 12.2. The summed E-state index contributed by atoms with van der Waals surface area (Å²) in [5.41, 5.74) is 0.616. The summed E-state index contributed by atoms with van der Waals surface area (Å²) in [7, 11) is 3.38. The van der Waals surface area contributed by atoms with Gasteiger partial charge in [0.2, 0.25) is 0 Å². The highest BCUT2D eigenvalue weighted by Gasteiger charge is 2.20. The molecule has 3 N–H and O–H groups in total. The topological polar surface area (TPSA) is 78.0 Å². The zero-order valence-electron chi connectivity index (χ0n) is 17.0. The number of nitrogens with zero attached hydrogens (tertiary/aromatic N) is 2. The highest BCUT2D eigenvalue weighted by Crippen LogP contribution is 2.24. The molecule has 0 spiro atoms. The number of carbonyl (C=O) groups excluding carboxylic acids is 1. The van der Waals surface area contributed by atoms with Crippen molar-refractivity contribution in [3.8, 4) is 5.75 Å². The first kappa shape index (κ1) is 21.0. The van der Waals surface area contributed by atoms with Crippen molar-refractivity contribution in [1.29, 1.82) is 0 Å². The minimum atomic E-state index is -0.0988. The molecule has 1 saturated heterocycles. The number of methoxy groups -OCH3 is 1. The smallest absolute Gasteiger partial charge is 0.251 e. The number of carbonyl (C=O) groups is 1. The average molecular weight is 416 g/mol. The predicted molar refractivity (Wildman–Crippen MR) is 119 cm³/mol. The summed E-state index contributed by atoms with van der Waals surface area (Å²) < 4.78 is 5.11. The van der Waals surface area contributed by atoms with Gasteiger partial charge in [-0.3, -0.25) is 9.79 Å². The normalized spacial score (nSPS) is 15.1. The summed E-state index contributed by atoms with van der Waals surface area (Å²) in [6, 6.07) is 11.8. The molecule has 1 fully saturated rings. The Kier molecular flexibility index (Phi) is 7.75. The first-order valence-electron chi connectivity index (χ1n) is 9.87. The van der Waals surface area contributed by atoms with Crippen molar-refractivity contribution in [2.75, 3.05) is 45.2 Å². The Labute approximate surface area is 176 Å². The van der Waals surface area contributed by atoms with E-state index in [-0.39, 0.29) is 5.91 Å². The number of ether oxygens (including phenoxy) is 1. The van der Waals surface area contributed by atoms with Crippen LogP contribution in [0.25, 0.3) is 0 Å². The standard InChI is InChI=1S/C21H29N5O2S/c1-22-21(25-17-9-13-26(14-10-17)19-4-3-15-29-19)24-12-11-23-20(27)16-5-7-18(28-2)8-6-16/h3-8,15,17H,9-14H2,1-2H3,(H,23,27)(H2,22,24,25). The first-order valence-corrected chi connectivity index (χ1v) is 10.8. The Bertz CT molecular complexity index is 784. The molecule has 0 unspecified atom stereocenters. The number of hydrogen-bond donors (Lipinski definition) is 3. The van der Waals surface area contributed by atoms with Gasteiger partial charge in [-0.25, -0.2) is 0 Å². The molecular formula is C21H29N5O2S. The monoisotopic (exact) mass is 415 g/mol. The first-order chi connectivity index (χ1) is 14.2. The minimum absolute atomic E-state index is 0.0988. The SMILES string of the molecule is CN=C(NCCNC(=O)c1ccc(OC)cc1)NC1CCN(c2cccs2)CC1. The van der Waals surface area contributed by atoms with Crippen molar-refractivity contribution in [3.63, 3.8) is 0 Å². The van der Waals surface area contributed by atoms with Crippen LogP contribution < -0.4 is 25.6 Å². The predicted octanol–water partition coefficient (Wildman–Crippen LogP) is 2.32. The zero-order chi connectivity index (χ0) is 20.5. The van der Waals surface area contributed by atoms with Gasteiger partial charge in [0.05, 0.1) is 12.1 Å². The number of rotatable bonds is 7. The molecule has 1 aromatic carbocycles. The molecule has 0 radical (unpaired) electrons. The molecule has 29 heavy (non-hydrogen) atoms. The maximum atomic E-state index is 12.2. The molecule has 156 valence electrons. The van der Waals surface area contributed by atoms with Gasteiger partial charge in [0.1, 0.15) is 5.75 Å². The van der Waals surface area contributed by atoms with Crippen LogP contribution >= 0.6 is 11.3 Å². The lowest BCUT2D eigenvalue weighted by Crippen LogP contribution is -2.49. The number of benzene rings is 1. The second-order valence-electron chi connectivity index (χ2n) is 6.84. The molecule has 7 nitrogen and oxygen atoms in total. The third-order valence-corrected chi connectivity index (χ3v) is 5.86. The Morgan fingerprint density at radius 3 is 2.52 bits per heavy atom. The highest BCUT2D eigenvalue weighted by molar-refractivity contribution is 7.14. The van der Waals surface area contributed by atoms with Gasteiger partial charge < -0.3 is 25.6 Å². The molecule has 2 aromatic rings. The van der Waals surface area contributed by atoms with E-state index >= 15 is 0 Å². The van der Waals surface area contributed by atoms with Crippen molar-refractivity contribution < 1.29 is 9.53 Å². The van der Waals surface area contributed by atoms with Crippen molar-refractivity contribution >= 4 is 28.2 Å². The molecule has 0 bridgehead atoms. The van der Waals surface area contributed by atoms with E-state index in [1.54, 1.807) is 49.8 Å². The van der Waals surface area contributed by atoms with Crippen LogP contribution in [0.4, 0.5) is 5.00 Å². The molecule has 0 aliphatic carbocycles. The van der Waals surface area contributed by atoms with Crippen LogP contribution in [0.2, 0.25) is 0 Å². The van der Waals surface area contributed by atoms with E-state index in [1.807, 2.05) is 0 Å². The fourth-order valence-corrected chi connectivity index (χ4v) is 4.07. The molecule has 0 saturated carbocycles. The fourth-order valence-electron chi connectivity index (χ4n) is 3.28. The van der Waals surface area contributed by atoms with Gasteiger partial charge >= 0.3 is 0 Å². The van der Waals surface area contributed by atoms with Crippen LogP contribution in [0.1, 0.15) is 23.2 Å². The number of thiophene rings is 1. The van der Waals surface area contributed by atoms with E-state index in [0.29, 0.717) is 24.7 Å². The summed E-state index contributed by atoms with van der Waals surface area (Å²) in [6.07, 6.45) is 2.15. The molecule has 1 aliphatic rings. The van der Waals surface area contributed by atoms with Crippen LogP contribution in [0.3, 0.4) is 0 Å². The molecule has 8 heteroatoms. The second kappa shape index (κ2) is 10.7. The van der Waals surface area contributed by atoms with Crippen LogP contribution in [-0.2, 0) is 0 Å². The van der Waals surface area contributed by atoms with Crippen molar-refractivity contribution in [2.24, 2.45) is 4.99 Å². The molecule has 2 heterocycles. The molecule has 3 rings (SSSR count). The lowest BCUT2D eigenvalue weighted by Gasteiger charge is -2.33. The number of amides is 1. The largest absolute Gasteiger partial charge is 0.497 e. The Morgan fingerprint density at radius 2 is 1.90 bits per heavy atom. The zero-order valence-corrected chi connectivity index (χ0v) is 17.8. The lowest BCUT2D eigenvalue weighted by atomic mass is 10.1. The summed E-state index contributed by atoms with van der Waals surface area (Å²) in [6.45, 7) is 3.22. The van der Waals surface area contributed by atoms with Gasteiger partial charge in [-0.15, -0.1) is 11.3 Å². The number of nitrogens with one attached hydrogen (secondary N) is 3. The quantitative estimate of drug-likeness (QED) is 0.368. The fraction of sp³-hybridized carbons (Fsp3) is 0.429. The number of aliphatic imine (C=N–C) groups is 1. The van der Waals surface area contributed by atoms with Crippen LogP contribution in [0, 0.1) is 0 Å². The number of guanidine groups is 1. The van der Waals surface area contributed by atoms with Gasteiger partial charge in [0.15, 0.2) is 5.96 Å². The second-order valence-corrected chi connectivity index (χ2v) is 7.77. The van der Waals surface area contributed by atoms with Gasteiger partial charge in [-0.1, -0.05) is 0 Å². The Morgan fingerprint density at radius 1 is 1.17 bits per heavy atom. The highest BCUT2D eigenvalue weighted by atomic mass is 32.1. The van der Waals surface area contributed by atoms with Crippen molar-refractivity contribution in [2.45, 2.75) is 18.9 Å². The average Bonchev–Trinajstić information content (AvgIpc) is 3.31. The maximum Gasteiger partial charge on any atom is 0.251 e. The van der Waals surface area contributed by atoms with E-state index in [4.69, 9.17) is 4.74 Å². The Balaban J connectivity index is 1.34. The van der Waals surface area contributed by atoms with E-state index in [1.165, 1.54) is 5.00 Å². The lowest BCUT2D eigenvalue weighted by molar-refractivity contribution is 0.0954. The number of hydrogen-bond acceptors (Lipinski definition) is 5. The van der Waals surface area contributed by atoms with E-state index in [2.05, 4.69) is 43.4 Å². The van der Waals surface area contributed by atoms with Gasteiger partial charge in [0.25, 0.3) is 5.91 Å². The third kappa shape index (κ3) is 6.12.